The van der Waals surface area contributed by atoms with E-state index in [0.717, 1.165) is 37.9 Å². The van der Waals surface area contributed by atoms with Gasteiger partial charge in [0, 0.05) is 18.6 Å². The van der Waals surface area contributed by atoms with Crippen molar-refractivity contribution in [3.8, 4) is 0 Å². The molecule has 0 unspecified atom stereocenters. The first-order valence-corrected chi connectivity index (χ1v) is 9.48. The number of hydrogen-bond acceptors (Lipinski definition) is 4. The second-order valence-corrected chi connectivity index (χ2v) is 7.97. The summed E-state index contributed by atoms with van der Waals surface area (Å²) in [6, 6.07) is 8.07. The lowest BCUT2D eigenvalue weighted by atomic mass is 9.90. The van der Waals surface area contributed by atoms with Crippen LogP contribution >= 0.6 is 0 Å². The van der Waals surface area contributed by atoms with Crippen LogP contribution in [-0.4, -0.2) is 32.8 Å². The summed E-state index contributed by atoms with van der Waals surface area (Å²) in [5.74, 6) is 0.136. The van der Waals surface area contributed by atoms with Crippen LogP contribution in [0.2, 0.25) is 0 Å². The van der Waals surface area contributed by atoms with E-state index in [1.54, 1.807) is 19.1 Å². The van der Waals surface area contributed by atoms with Gasteiger partial charge >= 0.3 is 0 Å². The summed E-state index contributed by atoms with van der Waals surface area (Å²) in [5, 5.41) is 0. The smallest absolute Gasteiger partial charge is 0.180 e. The lowest BCUT2D eigenvalue weighted by Crippen LogP contribution is -2.41. The molecule has 2 rings (SSSR count). The number of hydrogen-bond donors (Lipinski definition) is 1. The van der Waals surface area contributed by atoms with E-state index in [9.17, 15) is 8.42 Å². The Kier molecular flexibility index (Phi) is 5.27. The summed E-state index contributed by atoms with van der Waals surface area (Å²) in [4.78, 5) is 2.71. The predicted molar refractivity (Wildman–Crippen MR) is 87.4 cm³/mol. The number of benzene rings is 1. The van der Waals surface area contributed by atoms with Gasteiger partial charge in [-0.1, -0.05) is 19.1 Å². The molecule has 0 radical (unpaired) electrons. The van der Waals surface area contributed by atoms with Crippen molar-refractivity contribution in [2.45, 2.75) is 56.5 Å². The van der Waals surface area contributed by atoms with Gasteiger partial charge in [-0.05, 0) is 44.7 Å². The van der Waals surface area contributed by atoms with Gasteiger partial charge < -0.3 is 10.6 Å². The molecule has 1 aromatic rings. The summed E-state index contributed by atoms with van der Waals surface area (Å²) >= 11 is 0. The molecule has 0 spiro atoms. The van der Waals surface area contributed by atoms with Crippen LogP contribution in [0.3, 0.4) is 0 Å². The summed E-state index contributed by atoms with van der Waals surface area (Å²) in [5.41, 5.74) is 6.83. The van der Waals surface area contributed by atoms with Crippen molar-refractivity contribution in [1.29, 1.82) is 0 Å². The Bertz CT molecular complexity index is 563. The normalized spacial score (nSPS) is 23.0. The fourth-order valence-electron chi connectivity index (χ4n) is 3.15. The van der Waals surface area contributed by atoms with Crippen molar-refractivity contribution in [2.24, 2.45) is 5.73 Å². The number of rotatable bonds is 5. The van der Waals surface area contributed by atoms with Crippen LogP contribution in [0.5, 0.6) is 0 Å². The van der Waals surface area contributed by atoms with Crippen molar-refractivity contribution in [3.63, 3.8) is 0 Å². The number of nitrogens with two attached hydrogens (primary N) is 1. The largest absolute Gasteiger partial charge is 0.368 e. The van der Waals surface area contributed by atoms with Crippen LogP contribution in [0, 0.1) is 0 Å². The number of anilines is 1. The van der Waals surface area contributed by atoms with E-state index >= 15 is 0 Å². The Labute approximate surface area is 128 Å². The molecule has 1 aliphatic carbocycles. The maximum atomic E-state index is 12.3. The first-order valence-electron chi connectivity index (χ1n) is 7.83. The maximum absolute atomic E-state index is 12.3. The minimum absolute atomic E-state index is 0.136. The third kappa shape index (κ3) is 3.58. The van der Waals surface area contributed by atoms with Crippen molar-refractivity contribution in [3.05, 3.63) is 24.3 Å². The molecule has 0 heterocycles. The van der Waals surface area contributed by atoms with Gasteiger partial charge in [-0.15, -0.1) is 0 Å². The highest BCUT2D eigenvalue weighted by Gasteiger charge is 2.27. The second kappa shape index (κ2) is 6.79. The number of nitrogens with zero attached hydrogens (tertiary/aromatic N) is 1. The number of para-hydroxylation sites is 1. The molecule has 5 heteroatoms. The van der Waals surface area contributed by atoms with Crippen molar-refractivity contribution in [2.75, 3.05) is 17.2 Å². The van der Waals surface area contributed by atoms with E-state index in [1.165, 1.54) is 0 Å². The summed E-state index contributed by atoms with van der Waals surface area (Å²) in [6.07, 6.45) is 4.11. The molecular weight excluding hydrogens is 284 g/mol. The Morgan fingerprint density at radius 3 is 2.33 bits per heavy atom. The van der Waals surface area contributed by atoms with Crippen molar-refractivity contribution >= 4 is 15.5 Å². The molecule has 0 aromatic heterocycles. The molecule has 0 atom stereocenters. The van der Waals surface area contributed by atoms with Crippen LogP contribution in [0.15, 0.2) is 29.2 Å². The van der Waals surface area contributed by atoms with Crippen LogP contribution in [-0.2, 0) is 9.84 Å². The molecule has 0 amide bonds. The molecule has 0 bridgehead atoms. The first kappa shape index (κ1) is 16.3. The van der Waals surface area contributed by atoms with Gasteiger partial charge in [0.05, 0.1) is 16.3 Å². The van der Waals surface area contributed by atoms with Gasteiger partial charge in [0.1, 0.15) is 0 Å². The zero-order chi connectivity index (χ0) is 15.5. The van der Waals surface area contributed by atoms with E-state index in [0.29, 0.717) is 17.0 Å². The predicted octanol–water partition coefficient (Wildman–Crippen LogP) is 2.58. The fraction of sp³-hybridized carbons (Fsp3) is 0.625. The Balaban J connectivity index is 2.35. The van der Waals surface area contributed by atoms with Crippen LogP contribution in [0.4, 0.5) is 5.69 Å². The standard InChI is InChI=1S/C16H26N2O2S/c1-3-18(14-11-9-13(17)10-12-14)15-7-5-6-8-16(15)21(19,20)4-2/h5-8,13-14H,3-4,9-12,17H2,1-2H3. The highest BCUT2D eigenvalue weighted by Crippen LogP contribution is 2.31. The highest BCUT2D eigenvalue weighted by atomic mass is 32.2. The fourth-order valence-corrected chi connectivity index (χ4v) is 4.25. The zero-order valence-corrected chi connectivity index (χ0v) is 13.8. The van der Waals surface area contributed by atoms with E-state index in [1.807, 2.05) is 12.1 Å². The van der Waals surface area contributed by atoms with Gasteiger partial charge in [-0.25, -0.2) is 8.42 Å². The van der Waals surface area contributed by atoms with Gasteiger partial charge in [-0.2, -0.15) is 0 Å². The molecule has 1 fully saturated rings. The monoisotopic (exact) mass is 310 g/mol. The number of sulfone groups is 1. The van der Waals surface area contributed by atoms with Crippen molar-refractivity contribution < 1.29 is 8.42 Å². The zero-order valence-electron chi connectivity index (χ0n) is 13.0. The van der Waals surface area contributed by atoms with Gasteiger partial charge in [-0.3, -0.25) is 0 Å². The van der Waals surface area contributed by atoms with Gasteiger partial charge in [0.25, 0.3) is 0 Å². The molecule has 0 saturated heterocycles. The Morgan fingerprint density at radius 1 is 1.14 bits per heavy atom. The van der Waals surface area contributed by atoms with Crippen molar-refractivity contribution in [1.82, 2.24) is 0 Å². The summed E-state index contributed by atoms with van der Waals surface area (Å²) < 4.78 is 24.7. The maximum Gasteiger partial charge on any atom is 0.180 e. The minimum Gasteiger partial charge on any atom is -0.368 e. The topological polar surface area (TPSA) is 63.4 Å². The van der Waals surface area contributed by atoms with E-state index in [2.05, 4.69) is 11.8 Å². The molecule has 0 aliphatic heterocycles. The molecule has 1 aliphatic rings. The Morgan fingerprint density at radius 2 is 1.76 bits per heavy atom. The highest BCUT2D eigenvalue weighted by molar-refractivity contribution is 7.91. The van der Waals surface area contributed by atoms with Crippen LogP contribution in [0.1, 0.15) is 39.5 Å². The molecule has 118 valence electrons. The van der Waals surface area contributed by atoms with Crippen LogP contribution in [0.25, 0.3) is 0 Å². The average Bonchev–Trinajstić information content (AvgIpc) is 2.50. The lowest BCUT2D eigenvalue weighted by Gasteiger charge is -2.37. The molecular formula is C16H26N2O2S. The molecule has 2 N–H and O–H groups in total. The van der Waals surface area contributed by atoms with E-state index < -0.39 is 9.84 Å². The average molecular weight is 310 g/mol. The molecule has 21 heavy (non-hydrogen) atoms. The molecule has 4 nitrogen and oxygen atoms in total. The molecule has 1 aromatic carbocycles. The third-order valence-electron chi connectivity index (χ3n) is 4.41. The third-order valence-corrected chi connectivity index (χ3v) is 6.19. The first-order chi connectivity index (χ1) is 9.99. The minimum atomic E-state index is -3.20. The van der Waals surface area contributed by atoms with E-state index in [-0.39, 0.29) is 5.75 Å². The quantitative estimate of drug-likeness (QED) is 0.908. The lowest BCUT2D eigenvalue weighted by molar-refractivity contribution is 0.377. The van der Waals surface area contributed by atoms with E-state index in [4.69, 9.17) is 5.73 Å². The second-order valence-electron chi connectivity index (χ2n) is 5.73. The van der Waals surface area contributed by atoms with Gasteiger partial charge in [0.15, 0.2) is 9.84 Å². The summed E-state index contributed by atoms with van der Waals surface area (Å²) in [7, 11) is -3.20. The Hall–Kier alpha value is -1.07. The SMILES string of the molecule is CCN(c1ccccc1S(=O)(=O)CC)C1CCC(N)CC1. The summed E-state index contributed by atoms with van der Waals surface area (Å²) in [6.45, 7) is 4.60. The molecule has 1 saturated carbocycles. The van der Waals surface area contributed by atoms with Gasteiger partial charge in [0.2, 0.25) is 0 Å². The van der Waals surface area contributed by atoms with Crippen LogP contribution < -0.4 is 10.6 Å².